The summed E-state index contributed by atoms with van der Waals surface area (Å²) in [6.07, 6.45) is -5.45. The van der Waals surface area contributed by atoms with Crippen molar-refractivity contribution in [2.75, 3.05) is 12.5 Å². The maximum atomic E-state index is 12.5. The predicted molar refractivity (Wildman–Crippen MR) is 53.7 cm³/mol. The van der Waals surface area contributed by atoms with E-state index in [9.17, 15) is 13.2 Å². The molecule has 16 heavy (non-hydrogen) atoms. The van der Waals surface area contributed by atoms with Crippen LogP contribution in [0.1, 0.15) is 5.56 Å². The number of ether oxygens (including phenoxy) is 1. The summed E-state index contributed by atoms with van der Waals surface area (Å²) in [4.78, 5) is 0. The third kappa shape index (κ3) is 3.57. The number of halogens is 4. The molecule has 2 nitrogen and oxygen atoms in total. The fourth-order valence-corrected chi connectivity index (χ4v) is 1.15. The number of para-hydroxylation sites is 1. The van der Waals surface area contributed by atoms with Gasteiger partial charge in [0.15, 0.2) is 0 Å². The average Bonchev–Trinajstić information content (AvgIpc) is 2.25. The summed E-state index contributed by atoms with van der Waals surface area (Å²) >= 11 is 5.30. The van der Waals surface area contributed by atoms with Gasteiger partial charge in [-0.25, -0.2) is 0 Å². The number of rotatable bonds is 4. The smallest absolute Gasteiger partial charge is 0.419 e. The number of hydrogen-bond acceptors (Lipinski definition) is 2. The first kappa shape index (κ1) is 13.1. The Balaban J connectivity index is 2.80. The molecular weight excluding hydrogens is 245 g/mol. The Kier molecular flexibility index (Phi) is 4.44. The number of alkyl halides is 4. The zero-order valence-electron chi connectivity index (χ0n) is 8.17. The van der Waals surface area contributed by atoms with Crippen LogP contribution in [0.15, 0.2) is 24.3 Å². The molecule has 0 heterocycles. The predicted octanol–water partition coefficient (Wildman–Crippen LogP) is 2.68. The second-order valence-corrected chi connectivity index (χ2v) is 3.42. The minimum atomic E-state index is -4.47. The SMILES string of the molecule is OC(CCl)COc1ccccc1C(F)(F)F. The van der Waals surface area contributed by atoms with Gasteiger partial charge in [-0.15, -0.1) is 11.6 Å². The lowest BCUT2D eigenvalue weighted by Gasteiger charge is -2.15. The van der Waals surface area contributed by atoms with E-state index in [-0.39, 0.29) is 18.2 Å². The quantitative estimate of drug-likeness (QED) is 0.837. The van der Waals surface area contributed by atoms with Gasteiger partial charge in [-0.3, -0.25) is 0 Å². The maximum Gasteiger partial charge on any atom is 0.419 e. The second-order valence-electron chi connectivity index (χ2n) is 3.11. The molecule has 0 aliphatic rings. The molecule has 90 valence electrons. The van der Waals surface area contributed by atoms with E-state index in [1.807, 2.05) is 0 Å². The Bertz CT molecular complexity index is 341. The van der Waals surface area contributed by atoms with E-state index in [1.54, 1.807) is 0 Å². The van der Waals surface area contributed by atoms with E-state index in [2.05, 4.69) is 0 Å². The van der Waals surface area contributed by atoms with Crippen molar-refractivity contribution in [3.8, 4) is 5.75 Å². The summed E-state index contributed by atoms with van der Waals surface area (Å²) in [7, 11) is 0. The molecule has 0 saturated carbocycles. The lowest BCUT2D eigenvalue weighted by Crippen LogP contribution is -2.20. The van der Waals surface area contributed by atoms with Gasteiger partial charge in [0.05, 0.1) is 11.4 Å². The Morgan fingerprint density at radius 3 is 2.50 bits per heavy atom. The lowest BCUT2D eigenvalue weighted by atomic mass is 10.2. The van der Waals surface area contributed by atoms with Gasteiger partial charge in [-0.1, -0.05) is 12.1 Å². The van der Waals surface area contributed by atoms with Gasteiger partial charge in [0.2, 0.25) is 0 Å². The molecule has 0 amide bonds. The molecule has 1 aromatic carbocycles. The van der Waals surface area contributed by atoms with Crippen molar-refractivity contribution in [2.24, 2.45) is 0 Å². The van der Waals surface area contributed by atoms with E-state index in [4.69, 9.17) is 21.4 Å². The van der Waals surface area contributed by atoms with E-state index in [1.165, 1.54) is 18.2 Å². The van der Waals surface area contributed by atoms with Crippen LogP contribution >= 0.6 is 11.6 Å². The van der Waals surface area contributed by atoms with Gasteiger partial charge in [-0.05, 0) is 12.1 Å². The third-order valence-electron chi connectivity index (χ3n) is 1.80. The van der Waals surface area contributed by atoms with Crippen LogP contribution in [-0.2, 0) is 6.18 Å². The summed E-state index contributed by atoms with van der Waals surface area (Å²) < 4.78 is 42.3. The molecule has 0 saturated heterocycles. The van der Waals surface area contributed by atoms with Gasteiger partial charge in [-0.2, -0.15) is 13.2 Å². The van der Waals surface area contributed by atoms with Gasteiger partial charge in [0, 0.05) is 0 Å². The molecule has 0 aliphatic carbocycles. The van der Waals surface area contributed by atoms with Crippen molar-refractivity contribution >= 4 is 11.6 Å². The Morgan fingerprint density at radius 2 is 1.94 bits per heavy atom. The van der Waals surface area contributed by atoms with Crippen molar-refractivity contribution in [1.82, 2.24) is 0 Å². The highest BCUT2D eigenvalue weighted by molar-refractivity contribution is 6.18. The highest BCUT2D eigenvalue weighted by Gasteiger charge is 2.34. The number of aliphatic hydroxyl groups excluding tert-OH is 1. The fourth-order valence-electron chi connectivity index (χ4n) is 1.06. The van der Waals surface area contributed by atoms with Crippen molar-refractivity contribution in [1.29, 1.82) is 0 Å². The molecule has 1 atom stereocenters. The molecule has 0 fully saturated rings. The van der Waals surface area contributed by atoms with Gasteiger partial charge in [0.25, 0.3) is 0 Å². The summed E-state index contributed by atoms with van der Waals surface area (Å²) in [5.41, 5.74) is -0.864. The largest absolute Gasteiger partial charge is 0.490 e. The van der Waals surface area contributed by atoms with Crippen molar-refractivity contribution in [3.63, 3.8) is 0 Å². The van der Waals surface area contributed by atoms with Crippen molar-refractivity contribution in [2.45, 2.75) is 12.3 Å². The Hall–Kier alpha value is -0.940. The first-order valence-corrected chi connectivity index (χ1v) is 5.01. The van der Waals surface area contributed by atoms with Crippen LogP contribution in [0, 0.1) is 0 Å². The third-order valence-corrected chi connectivity index (χ3v) is 2.16. The normalized spacial score (nSPS) is 13.6. The second kappa shape index (κ2) is 5.41. The fraction of sp³-hybridized carbons (Fsp3) is 0.400. The number of hydrogen-bond donors (Lipinski definition) is 1. The maximum absolute atomic E-state index is 12.5. The zero-order valence-corrected chi connectivity index (χ0v) is 8.92. The summed E-state index contributed by atoms with van der Waals surface area (Å²) in [5, 5.41) is 9.07. The number of aliphatic hydroxyl groups is 1. The van der Waals surface area contributed by atoms with Gasteiger partial charge in [0.1, 0.15) is 18.5 Å². The van der Waals surface area contributed by atoms with Crippen LogP contribution in [0.4, 0.5) is 13.2 Å². The zero-order chi connectivity index (χ0) is 12.2. The van der Waals surface area contributed by atoms with Crippen LogP contribution in [0.25, 0.3) is 0 Å². The van der Waals surface area contributed by atoms with Crippen molar-refractivity contribution in [3.05, 3.63) is 29.8 Å². The lowest BCUT2D eigenvalue weighted by molar-refractivity contribution is -0.139. The van der Waals surface area contributed by atoms with E-state index < -0.39 is 17.8 Å². The minimum absolute atomic E-state index is 0.0891. The molecule has 0 bridgehead atoms. The summed E-state index contributed by atoms with van der Waals surface area (Å²) in [5.74, 6) is -0.395. The van der Waals surface area contributed by atoms with E-state index in [0.29, 0.717) is 0 Å². The van der Waals surface area contributed by atoms with Crippen LogP contribution in [0.2, 0.25) is 0 Å². The van der Waals surface area contributed by atoms with Crippen molar-refractivity contribution < 1.29 is 23.0 Å². The monoisotopic (exact) mass is 254 g/mol. The molecule has 1 rings (SSSR count). The summed E-state index contributed by atoms with van der Waals surface area (Å²) in [6, 6.07) is 4.82. The molecule has 1 N–H and O–H groups in total. The van der Waals surface area contributed by atoms with Crippen LogP contribution < -0.4 is 4.74 Å². The summed E-state index contributed by atoms with van der Waals surface area (Å²) in [6.45, 7) is -0.267. The first-order valence-electron chi connectivity index (χ1n) is 4.48. The van der Waals surface area contributed by atoms with E-state index >= 15 is 0 Å². The van der Waals surface area contributed by atoms with E-state index in [0.717, 1.165) is 6.07 Å². The van der Waals surface area contributed by atoms with Crippen LogP contribution in [0.5, 0.6) is 5.75 Å². The molecule has 1 aromatic rings. The first-order chi connectivity index (χ1) is 7.45. The molecule has 1 unspecified atom stereocenters. The van der Waals surface area contributed by atoms with Crippen LogP contribution in [0.3, 0.4) is 0 Å². The highest BCUT2D eigenvalue weighted by atomic mass is 35.5. The Morgan fingerprint density at radius 1 is 1.31 bits per heavy atom. The topological polar surface area (TPSA) is 29.5 Å². The number of benzene rings is 1. The Labute approximate surface area is 95.6 Å². The molecule has 0 radical (unpaired) electrons. The van der Waals surface area contributed by atoms with Crippen LogP contribution in [-0.4, -0.2) is 23.7 Å². The molecule has 0 spiro atoms. The minimum Gasteiger partial charge on any atom is -0.490 e. The highest BCUT2D eigenvalue weighted by Crippen LogP contribution is 2.35. The van der Waals surface area contributed by atoms with Gasteiger partial charge < -0.3 is 9.84 Å². The molecule has 0 aliphatic heterocycles. The standard InChI is InChI=1S/C10H10ClF3O2/c11-5-7(15)6-16-9-4-2-1-3-8(9)10(12,13)14/h1-4,7,15H,5-6H2. The average molecular weight is 255 g/mol. The molecule has 0 aromatic heterocycles. The molecular formula is C10H10ClF3O2. The molecule has 6 heteroatoms. The van der Waals surface area contributed by atoms with Gasteiger partial charge >= 0.3 is 6.18 Å².